The van der Waals surface area contributed by atoms with Gasteiger partial charge in [-0.1, -0.05) is 11.8 Å². The zero-order valence-electron chi connectivity index (χ0n) is 11.2. The van der Waals surface area contributed by atoms with Gasteiger partial charge in [-0.2, -0.15) is 0 Å². The van der Waals surface area contributed by atoms with E-state index in [9.17, 15) is 9.59 Å². The Morgan fingerprint density at radius 3 is 3.10 bits per heavy atom. The van der Waals surface area contributed by atoms with Gasteiger partial charge in [0, 0.05) is 19.4 Å². The molecule has 2 amide bonds. The van der Waals surface area contributed by atoms with Gasteiger partial charge in [0.1, 0.15) is 0 Å². The fraction of sp³-hybridized carbons (Fsp3) is 0.429. The van der Waals surface area contributed by atoms with E-state index < -0.39 is 0 Å². The van der Waals surface area contributed by atoms with Gasteiger partial charge in [0.05, 0.1) is 22.4 Å². The second-order valence-electron chi connectivity index (χ2n) is 4.58. The van der Waals surface area contributed by atoms with Crippen molar-refractivity contribution in [2.45, 2.75) is 25.8 Å². The first-order chi connectivity index (χ1) is 9.60. The predicted octanol–water partition coefficient (Wildman–Crippen LogP) is 0.409. The predicted molar refractivity (Wildman–Crippen MR) is 76.5 cm³/mol. The zero-order valence-corrected chi connectivity index (χ0v) is 12.0. The molecule has 6 heteroatoms. The van der Waals surface area contributed by atoms with Gasteiger partial charge < -0.3 is 15.7 Å². The molecule has 0 spiro atoms. The van der Waals surface area contributed by atoms with Crippen molar-refractivity contribution in [2.24, 2.45) is 0 Å². The van der Waals surface area contributed by atoms with Crippen LogP contribution in [0.5, 0.6) is 0 Å². The van der Waals surface area contributed by atoms with Gasteiger partial charge in [-0.25, -0.2) is 0 Å². The lowest BCUT2D eigenvalue weighted by Gasteiger charge is -2.08. The highest BCUT2D eigenvalue weighted by molar-refractivity contribution is 7.14. The fourth-order valence-electron chi connectivity index (χ4n) is 1.88. The minimum atomic E-state index is -0.171. The Morgan fingerprint density at radius 1 is 1.65 bits per heavy atom. The van der Waals surface area contributed by atoms with Crippen LogP contribution in [-0.4, -0.2) is 36.1 Å². The van der Waals surface area contributed by atoms with Crippen LogP contribution in [0.25, 0.3) is 0 Å². The van der Waals surface area contributed by atoms with E-state index >= 15 is 0 Å². The molecule has 106 valence electrons. The molecule has 20 heavy (non-hydrogen) atoms. The molecule has 2 heterocycles. The minimum Gasteiger partial charge on any atom is -0.395 e. The van der Waals surface area contributed by atoms with Crippen LogP contribution in [0, 0.1) is 18.8 Å². The van der Waals surface area contributed by atoms with Crippen LogP contribution in [-0.2, 0) is 4.79 Å². The minimum absolute atomic E-state index is 0.0341. The summed E-state index contributed by atoms with van der Waals surface area (Å²) in [6.45, 7) is 2.42. The van der Waals surface area contributed by atoms with Crippen LogP contribution < -0.4 is 10.6 Å². The standard InChI is InChI=1S/C14H16N2O3S/c1-9-6-12(20-11(9)4-2-3-5-17)14(19)16-10-7-13(18)15-8-10/h6,10,17H,3,5,7-8H2,1H3,(H,15,18)(H,16,19). The largest absolute Gasteiger partial charge is 0.395 e. The van der Waals surface area contributed by atoms with Crippen molar-refractivity contribution in [2.75, 3.05) is 13.2 Å². The van der Waals surface area contributed by atoms with Crippen LogP contribution in [0.4, 0.5) is 0 Å². The SMILES string of the molecule is Cc1cc(C(=O)NC2CNC(=O)C2)sc1C#CCCO. The summed E-state index contributed by atoms with van der Waals surface area (Å²) >= 11 is 1.33. The highest BCUT2D eigenvalue weighted by Crippen LogP contribution is 2.21. The maximum absolute atomic E-state index is 12.1. The van der Waals surface area contributed by atoms with Crippen molar-refractivity contribution in [1.82, 2.24) is 10.6 Å². The third-order valence-corrected chi connectivity index (χ3v) is 4.04. The molecule has 1 aliphatic heterocycles. The van der Waals surface area contributed by atoms with E-state index in [0.29, 0.717) is 24.3 Å². The van der Waals surface area contributed by atoms with E-state index in [2.05, 4.69) is 22.5 Å². The van der Waals surface area contributed by atoms with Gasteiger partial charge in [0.2, 0.25) is 5.91 Å². The molecule has 1 fully saturated rings. The Morgan fingerprint density at radius 2 is 2.45 bits per heavy atom. The quantitative estimate of drug-likeness (QED) is 0.706. The number of carbonyl (C=O) groups excluding carboxylic acids is 2. The zero-order chi connectivity index (χ0) is 14.5. The number of nitrogens with one attached hydrogen (secondary N) is 2. The highest BCUT2D eigenvalue weighted by atomic mass is 32.1. The van der Waals surface area contributed by atoms with Crippen molar-refractivity contribution < 1.29 is 14.7 Å². The average Bonchev–Trinajstić information content (AvgIpc) is 2.97. The van der Waals surface area contributed by atoms with E-state index in [0.717, 1.165) is 10.4 Å². The molecule has 0 aliphatic carbocycles. The summed E-state index contributed by atoms with van der Waals surface area (Å²) < 4.78 is 0. The molecular formula is C14H16N2O3S. The number of amides is 2. The van der Waals surface area contributed by atoms with Gasteiger partial charge in [-0.15, -0.1) is 11.3 Å². The molecule has 1 aromatic heterocycles. The molecule has 5 nitrogen and oxygen atoms in total. The van der Waals surface area contributed by atoms with Crippen molar-refractivity contribution in [3.05, 3.63) is 21.4 Å². The molecule has 1 aromatic rings. The number of thiophene rings is 1. The normalized spacial score (nSPS) is 17.3. The Bertz CT molecular complexity index is 583. The van der Waals surface area contributed by atoms with Crippen molar-refractivity contribution in [3.8, 4) is 11.8 Å². The Kier molecular flexibility index (Phi) is 4.77. The first-order valence-electron chi connectivity index (χ1n) is 6.38. The van der Waals surface area contributed by atoms with Gasteiger partial charge in [0.25, 0.3) is 5.91 Å². The lowest BCUT2D eigenvalue weighted by Crippen LogP contribution is -2.35. The second-order valence-corrected chi connectivity index (χ2v) is 5.63. The van der Waals surface area contributed by atoms with Gasteiger partial charge in [-0.3, -0.25) is 9.59 Å². The van der Waals surface area contributed by atoms with Gasteiger partial charge in [-0.05, 0) is 18.6 Å². The fourth-order valence-corrected chi connectivity index (χ4v) is 2.83. The van der Waals surface area contributed by atoms with Crippen LogP contribution >= 0.6 is 11.3 Å². The molecule has 1 saturated heterocycles. The number of aliphatic hydroxyl groups is 1. The number of rotatable bonds is 3. The van der Waals surface area contributed by atoms with Gasteiger partial charge >= 0.3 is 0 Å². The van der Waals surface area contributed by atoms with E-state index in [1.165, 1.54) is 11.3 Å². The van der Waals surface area contributed by atoms with Crippen LogP contribution in [0.15, 0.2) is 6.07 Å². The molecule has 0 radical (unpaired) electrons. The third kappa shape index (κ3) is 3.59. The Hall–Kier alpha value is -1.84. The van der Waals surface area contributed by atoms with E-state index in [-0.39, 0.29) is 24.5 Å². The maximum Gasteiger partial charge on any atom is 0.261 e. The number of carbonyl (C=O) groups is 2. The summed E-state index contributed by atoms with van der Waals surface area (Å²) in [5, 5.41) is 14.2. The monoisotopic (exact) mass is 292 g/mol. The third-order valence-electron chi connectivity index (χ3n) is 2.89. The van der Waals surface area contributed by atoms with Gasteiger partial charge in [0.15, 0.2) is 0 Å². The summed E-state index contributed by atoms with van der Waals surface area (Å²) in [6.07, 6.45) is 0.758. The molecule has 1 unspecified atom stereocenters. The molecule has 0 bridgehead atoms. The number of hydrogen-bond acceptors (Lipinski definition) is 4. The molecule has 0 aromatic carbocycles. The molecule has 1 atom stereocenters. The van der Waals surface area contributed by atoms with Crippen LogP contribution in [0.3, 0.4) is 0 Å². The van der Waals surface area contributed by atoms with Crippen LogP contribution in [0.2, 0.25) is 0 Å². The van der Waals surface area contributed by atoms with E-state index in [1.54, 1.807) is 6.07 Å². The van der Waals surface area contributed by atoms with E-state index in [4.69, 9.17) is 5.11 Å². The van der Waals surface area contributed by atoms with Crippen molar-refractivity contribution in [3.63, 3.8) is 0 Å². The second kappa shape index (κ2) is 6.55. The number of aliphatic hydroxyl groups excluding tert-OH is 1. The smallest absolute Gasteiger partial charge is 0.261 e. The molecule has 1 aliphatic rings. The topological polar surface area (TPSA) is 78.4 Å². The molecule has 2 rings (SSSR count). The first-order valence-corrected chi connectivity index (χ1v) is 7.19. The summed E-state index contributed by atoms with van der Waals surface area (Å²) in [7, 11) is 0. The number of aryl methyl sites for hydroxylation is 1. The number of hydrogen-bond donors (Lipinski definition) is 3. The van der Waals surface area contributed by atoms with Crippen molar-refractivity contribution in [1.29, 1.82) is 0 Å². The first kappa shape index (κ1) is 14.6. The van der Waals surface area contributed by atoms with E-state index in [1.807, 2.05) is 6.92 Å². The molecule has 0 saturated carbocycles. The Balaban J connectivity index is 2.02. The lowest BCUT2D eigenvalue weighted by molar-refractivity contribution is -0.119. The van der Waals surface area contributed by atoms with Crippen molar-refractivity contribution >= 4 is 23.2 Å². The van der Waals surface area contributed by atoms with Crippen LogP contribution in [0.1, 0.15) is 33.0 Å². The average molecular weight is 292 g/mol. The summed E-state index contributed by atoms with van der Waals surface area (Å²) in [5.41, 5.74) is 0.950. The molecule has 3 N–H and O–H groups in total. The summed E-state index contributed by atoms with van der Waals surface area (Å²) in [5.74, 6) is 5.59. The lowest BCUT2D eigenvalue weighted by atomic mass is 10.2. The maximum atomic E-state index is 12.1. The Labute approximate surface area is 121 Å². The highest BCUT2D eigenvalue weighted by Gasteiger charge is 2.24. The summed E-state index contributed by atoms with van der Waals surface area (Å²) in [4.78, 5) is 24.6. The molecular weight excluding hydrogens is 276 g/mol. The summed E-state index contributed by atoms with van der Waals surface area (Å²) in [6, 6.07) is 1.66.